The molecule has 1 amide bonds. The summed E-state index contributed by atoms with van der Waals surface area (Å²) in [6.07, 6.45) is -4.94. The number of aromatic nitrogens is 1. The topological polar surface area (TPSA) is 51.1 Å². The number of alkyl halides is 4. The van der Waals surface area contributed by atoms with Crippen LogP contribution in [0.1, 0.15) is 21.0 Å². The fourth-order valence-corrected chi connectivity index (χ4v) is 2.96. The molecule has 11 heteroatoms. The summed E-state index contributed by atoms with van der Waals surface area (Å²) in [5.74, 6) is -2.23. The van der Waals surface area contributed by atoms with Crippen molar-refractivity contribution in [2.24, 2.45) is 0 Å². The maximum atomic E-state index is 13.5. The van der Waals surface area contributed by atoms with Crippen molar-refractivity contribution < 1.29 is 26.7 Å². The molecule has 0 atom stereocenters. The van der Waals surface area contributed by atoms with Gasteiger partial charge in [0, 0.05) is 12.3 Å². The second-order valence-electron chi connectivity index (χ2n) is 4.50. The SMILES string of the molecule is O=C(Nc1cc(F)c(=O)n(CC(F)F)c1)c1cc(Cl)c(C(F)F)s1. The second-order valence-corrected chi connectivity index (χ2v) is 5.99. The molecule has 0 aliphatic carbocycles. The van der Waals surface area contributed by atoms with Gasteiger partial charge >= 0.3 is 0 Å². The third kappa shape index (κ3) is 4.12. The molecule has 0 saturated carbocycles. The Hall–Kier alpha value is -1.94. The van der Waals surface area contributed by atoms with Gasteiger partial charge in [-0.25, -0.2) is 22.0 Å². The number of amides is 1. The molecule has 0 radical (unpaired) electrons. The van der Waals surface area contributed by atoms with E-state index >= 15 is 0 Å². The number of halogens is 6. The van der Waals surface area contributed by atoms with Gasteiger partial charge in [0.15, 0.2) is 5.82 Å². The lowest BCUT2D eigenvalue weighted by atomic mass is 10.3. The predicted molar refractivity (Wildman–Crippen MR) is 78.9 cm³/mol. The Morgan fingerprint density at radius 2 is 1.96 bits per heavy atom. The largest absolute Gasteiger partial charge is 0.320 e. The van der Waals surface area contributed by atoms with Crippen LogP contribution in [0.3, 0.4) is 0 Å². The van der Waals surface area contributed by atoms with Crippen LogP contribution in [0.4, 0.5) is 27.6 Å². The highest BCUT2D eigenvalue weighted by Crippen LogP contribution is 2.35. The van der Waals surface area contributed by atoms with Crippen molar-refractivity contribution >= 4 is 34.5 Å². The van der Waals surface area contributed by atoms with Crippen molar-refractivity contribution in [3.8, 4) is 0 Å². The van der Waals surface area contributed by atoms with Crippen LogP contribution in [0.2, 0.25) is 5.02 Å². The Balaban J connectivity index is 2.27. The van der Waals surface area contributed by atoms with Crippen molar-refractivity contribution in [1.29, 1.82) is 0 Å². The molecule has 0 bridgehead atoms. The Morgan fingerprint density at radius 3 is 2.50 bits per heavy atom. The number of carbonyl (C=O) groups is 1. The smallest absolute Gasteiger partial charge is 0.286 e. The van der Waals surface area contributed by atoms with E-state index in [4.69, 9.17) is 11.6 Å². The number of rotatable bonds is 5. The molecule has 1 N–H and O–H groups in total. The molecule has 0 fully saturated rings. The summed E-state index contributed by atoms with van der Waals surface area (Å²) >= 11 is 6.02. The average Bonchev–Trinajstić information content (AvgIpc) is 2.86. The average molecular weight is 387 g/mol. The van der Waals surface area contributed by atoms with Gasteiger partial charge in [0.25, 0.3) is 24.3 Å². The van der Waals surface area contributed by atoms with Crippen LogP contribution >= 0.6 is 22.9 Å². The van der Waals surface area contributed by atoms with Crippen LogP contribution in [0.25, 0.3) is 0 Å². The van der Waals surface area contributed by atoms with Gasteiger partial charge in [0.1, 0.15) is 0 Å². The Labute approximate surface area is 140 Å². The van der Waals surface area contributed by atoms with Crippen LogP contribution in [-0.4, -0.2) is 16.9 Å². The van der Waals surface area contributed by atoms with E-state index in [-0.39, 0.29) is 15.6 Å². The third-order valence-electron chi connectivity index (χ3n) is 2.77. The van der Waals surface area contributed by atoms with Gasteiger partial charge in [-0.3, -0.25) is 9.59 Å². The molecular weight excluding hydrogens is 379 g/mol. The second kappa shape index (κ2) is 7.31. The van der Waals surface area contributed by atoms with Crippen molar-refractivity contribution in [2.45, 2.75) is 19.4 Å². The lowest BCUT2D eigenvalue weighted by Crippen LogP contribution is -2.26. The minimum Gasteiger partial charge on any atom is -0.320 e. The summed E-state index contributed by atoms with van der Waals surface area (Å²) in [5, 5.41) is 1.85. The van der Waals surface area contributed by atoms with Crippen molar-refractivity contribution in [3.63, 3.8) is 0 Å². The van der Waals surface area contributed by atoms with Crippen molar-refractivity contribution in [1.82, 2.24) is 4.57 Å². The van der Waals surface area contributed by atoms with Crippen LogP contribution in [0.15, 0.2) is 23.1 Å². The summed E-state index contributed by atoms with van der Waals surface area (Å²) in [6, 6.07) is 1.65. The molecule has 24 heavy (non-hydrogen) atoms. The molecule has 0 saturated heterocycles. The van der Waals surface area contributed by atoms with E-state index in [0.29, 0.717) is 22.0 Å². The number of nitrogens with zero attached hydrogens (tertiary/aromatic N) is 1. The number of thiophene rings is 1. The number of pyridine rings is 1. The normalized spacial score (nSPS) is 11.3. The molecule has 2 aromatic rings. The van der Waals surface area contributed by atoms with Gasteiger partial charge in [-0.2, -0.15) is 0 Å². The third-order valence-corrected chi connectivity index (χ3v) is 4.34. The van der Waals surface area contributed by atoms with Crippen LogP contribution < -0.4 is 10.9 Å². The lowest BCUT2D eigenvalue weighted by Gasteiger charge is -2.09. The van der Waals surface area contributed by atoms with E-state index in [1.54, 1.807) is 0 Å². The molecule has 0 unspecified atom stereocenters. The first-order chi connectivity index (χ1) is 11.2. The minimum atomic E-state index is -2.90. The maximum absolute atomic E-state index is 13.5. The molecule has 0 aliphatic heterocycles. The monoisotopic (exact) mass is 386 g/mol. The van der Waals surface area contributed by atoms with Crippen LogP contribution in [-0.2, 0) is 6.54 Å². The number of anilines is 1. The fraction of sp³-hybridized carbons (Fsp3) is 0.231. The Morgan fingerprint density at radius 1 is 1.29 bits per heavy atom. The zero-order valence-corrected chi connectivity index (χ0v) is 13.1. The highest BCUT2D eigenvalue weighted by Gasteiger charge is 2.20. The summed E-state index contributed by atoms with van der Waals surface area (Å²) in [7, 11) is 0. The number of hydrogen-bond acceptors (Lipinski definition) is 3. The first-order valence-corrected chi connectivity index (χ1v) is 7.45. The molecule has 0 aromatic carbocycles. The van der Waals surface area contributed by atoms with Gasteiger partial charge in [-0.1, -0.05) is 11.6 Å². The standard InChI is InChI=1S/C13H8ClF5N2O2S/c14-6-2-8(24-10(6)11(18)19)12(22)20-5-1-7(15)13(23)21(3-5)4-9(16)17/h1-3,9,11H,4H2,(H,20,22). The molecule has 4 nitrogen and oxygen atoms in total. The zero-order valence-electron chi connectivity index (χ0n) is 11.5. The van der Waals surface area contributed by atoms with Gasteiger partial charge in [-0.15, -0.1) is 11.3 Å². The first kappa shape index (κ1) is 18.4. The van der Waals surface area contributed by atoms with E-state index in [0.717, 1.165) is 12.3 Å². The fourth-order valence-electron chi connectivity index (χ4n) is 1.79. The molecular formula is C13H8ClF5N2O2S. The molecule has 0 aliphatic rings. The van der Waals surface area contributed by atoms with Gasteiger partial charge in [0.05, 0.1) is 27.0 Å². The van der Waals surface area contributed by atoms with E-state index in [1.165, 1.54) is 0 Å². The zero-order chi connectivity index (χ0) is 18.0. The van der Waals surface area contributed by atoms with E-state index in [1.807, 2.05) is 0 Å². The molecule has 2 rings (SSSR count). The van der Waals surface area contributed by atoms with Crippen LogP contribution in [0, 0.1) is 5.82 Å². The Kier molecular flexibility index (Phi) is 5.60. The van der Waals surface area contributed by atoms with E-state index in [9.17, 15) is 31.5 Å². The maximum Gasteiger partial charge on any atom is 0.286 e. The molecule has 0 spiro atoms. The number of carbonyl (C=O) groups excluding carboxylic acids is 1. The predicted octanol–water partition coefficient (Wildman–Crippen LogP) is 4.16. The van der Waals surface area contributed by atoms with Gasteiger partial charge < -0.3 is 9.88 Å². The molecule has 2 heterocycles. The minimum absolute atomic E-state index is 0.178. The highest BCUT2D eigenvalue weighted by atomic mass is 35.5. The quantitative estimate of drug-likeness (QED) is 0.785. The Bertz CT molecular complexity index is 821. The van der Waals surface area contributed by atoms with Crippen LogP contribution in [0.5, 0.6) is 0 Å². The number of hydrogen-bond donors (Lipinski definition) is 1. The number of nitrogens with one attached hydrogen (secondary N) is 1. The highest BCUT2D eigenvalue weighted by molar-refractivity contribution is 7.14. The molecule has 130 valence electrons. The summed E-state index contributed by atoms with van der Waals surface area (Å²) < 4.78 is 63.9. The summed E-state index contributed by atoms with van der Waals surface area (Å²) in [5.41, 5.74) is -1.55. The van der Waals surface area contributed by atoms with E-state index < -0.39 is 41.6 Å². The first-order valence-electron chi connectivity index (χ1n) is 6.26. The van der Waals surface area contributed by atoms with Gasteiger partial charge in [-0.05, 0) is 6.07 Å². The summed E-state index contributed by atoms with van der Waals surface area (Å²) in [6.45, 7) is -1.06. The van der Waals surface area contributed by atoms with Crippen molar-refractivity contribution in [2.75, 3.05) is 5.32 Å². The van der Waals surface area contributed by atoms with E-state index in [2.05, 4.69) is 5.32 Å². The summed E-state index contributed by atoms with van der Waals surface area (Å²) in [4.78, 5) is 22.7. The van der Waals surface area contributed by atoms with Crippen molar-refractivity contribution in [3.05, 3.63) is 49.3 Å². The lowest BCUT2D eigenvalue weighted by molar-refractivity contribution is 0.103. The molecule has 2 aromatic heterocycles. The van der Waals surface area contributed by atoms with Gasteiger partial charge in [0.2, 0.25) is 0 Å².